The number of amidine groups is 2. The highest BCUT2D eigenvalue weighted by molar-refractivity contribution is 8.15. The third-order valence-corrected chi connectivity index (χ3v) is 7.15. The van der Waals surface area contributed by atoms with Crippen molar-refractivity contribution >= 4 is 46.0 Å². The molecule has 3 aromatic carbocycles. The van der Waals surface area contributed by atoms with Gasteiger partial charge in [-0.15, -0.1) is 0 Å². The molecular weight excluding hydrogens is 444 g/mol. The molecule has 0 saturated heterocycles. The van der Waals surface area contributed by atoms with Gasteiger partial charge in [-0.1, -0.05) is 73.3 Å². The van der Waals surface area contributed by atoms with Gasteiger partial charge in [-0.05, 0) is 48.7 Å². The van der Waals surface area contributed by atoms with Gasteiger partial charge in [0.05, 0.1) is 10.9 Å². The van der Waals surface area contributed by atoms with E-state index in [4.69, 9.17) is 4.99 Å². The van der Waals surface area contributed by atoms with Gasteiger partial charge in [0, 0.05) is 11.3 Å². The number of benzene rings is 3. The van der Waals surface area contributed by atoms with Crippen LogP contribution in [0.5, 0.6) is 0 Å². The number of nitrogens with zero attached hydrogens (tertiary/aromatic N) is 3. The molecule has 0 radical (unpaired) electrons. The van der Waals surface area contributed by atoms with Crippen LogP contribution in [-0.4, -0.2) is 33.0 Å². The van der Waals surface area contributed by atoms with Gasteiger partial charge in [-0.2, -0.15) is 4.99 Å². The zero-order chi connectivity index (χ0) is 23.7. The average molecular weight is 469 g/mol. The minimum atomic E-state index is -0.604. The van der Waals surface area contributed by atoms with Crippen molar-refractivity contribution in [3.05, 3.63) is 95.6 Å². The maximum absolute atomic E-state index is 13.2. The van der Waals surface area contributed by atoms with Gasteiger partial charge >= 0.3 is 0 Å². The maximum Gasteiger partial charge on any atom is 0.275 e. The first-order chi connectivity index (χ1) is 16.5. The molecule has 7 heteroatoms. The highest BCUT2D eigenvalue weighted by Crippen LogP contribution is 2.40. The summed E-state index contributed by atoms with van der Waals surface area (Å²) in [5.41, 5.74) is 4.25. The summed E-state index contributed by atoms with van der Waals surface area (Å²) in [7, 11) is 0. The third-order valence-electron chi connectivity index (χ3n) is 5.82. The van der Waals surface area contributed by atoms with E-state index in [0.29, 0.717) is 17.4 Å². The van der Waals surface area contributed by atoms with Crippen molar-refractivity contribution in [3.8, 4) is 0 Å². The number of amides is 2. The van der Waals surface area contributed by atoms with Gasteiger partial charge in [-0.25, -0.2) is 4.99 Å². The van der Waals surface area contributed by atoms with Crippen molar-refractivity contribution in [1.29, 1.82) is 0 Å². The summed E-state index contributed by atoms with van der Waals surface area (Å²) in [5, 5.41) is 3.23. The Morgan fingerprint density at radius 3 is 2.56 bits per heavy atom. The number of nitrogens with one attached hydrogen (secondary N) is 1. The van der Waals surface area contributed by atoms with E-state index in [1.54, 1.807) is 0 Å². The van der Waals surface area contributed by atoms with Crippen LogP contribution in [0.2, 0.25) is 0 Å². The van der Waals surface area contributed by atoms with Crippen LogP contribution in [0.3, 0.4) is 0 Å². The Labute approximate surface area is 202 Å². The summed E-state index contributed by atoms with van der Waals surface area (Å²) < 4.78 is 0. The van der Waals surface area contributed by atoms with Crippen molar-refractivity contribution < 1.29 is 9.59 Å². The molecule has 0 spiro atoms. The van der Waals surface area contributed by atoms with Crippen molar-refractivity contribution in [1.82, 2.24) is 4.90 Å². The zero-order valence-electron chi connectivity index (χ0n) is 18.9. The van der Waals surface area contributed by atoms with E-state index in [1.165, 1.54) is 11.8 Å². The summed E-state index contributed by atoms with van der Waals surface area (Å²) in [6.07, 6.45) is 0.604. The maximum atomic E-state index is 13.2. The second-order valence-electron chi connectivity index (χ2n) is 8.24. The second-order valence-corrected chi connectivity index (χ2v) is 9.41. The highest BCUT2D eigenvalue weighted by Gasteiger charge is 2.43. The van der Waals surface area contributed by atoms with Crippen LogP contribution in [0, 0.1) is 6.92 Å². The molecule has 0 fully saturated rings. The van der Waals surface area contributed by atoms with Crippen LogP contribution in [0.15, 0.2) is 88.8 Å². The lowest BCUT2D eigenvalue weighted by molar-refractivity contribution is -0.119. The van der Waals surface area contributed by atoms with Crippen LogP contribution in [0.25, 0.3) is 0 Å². The Bertz CT molecular complexity index is 1320. The molecule has 0 aromatic heterocycles. The molecule has 6 nitrogen and oxygen atoms in total. The van der Waals surface area contributed by atoms with Crippen LogP contribution in [-0.2, 0) is 9.59 Å². The molecule has 2 amide bonds. The Morgan fingerprint density at radius 1 is 1.03 bits per heavy atom. The molecule has 2 unspecified atom stereocenters. The third kappa shape index (κ3) is 4.15. The molecule has 34 heavy (non-hydrogen) atoms. The van der Waals surface area contributed by atoms with E-state index < -0.39 is 11.3 Å². The van der Waals surface area contributed by atoms with Gasteiger partial charge in [0.25, 0.3) is 5.91 Å². The van der Waals surface area contributed by atoms with Crippen LogP contribution in [0.1, 0.15) is 36.1 Å². The standard InChI is InChI=1S/C27H24N4O2S/c1-3-22(25(32)28-19-13-9-10-17(2)16-19)34-27-29-21-15-8-7-14-20(21)24-30-26(33)23(31(24)27)18-11-5-4-6-12-18/h4-16,22-23H,3H2,1-2H3,(H,28,32). The van der Waals surface area contributed by atoms with Crippen LogP contribution >= 0.6 is 11.8 Å². The number of hydrogen-bond acceptors (Lipinski definition) is 5. The summed E-state index contributed by atoms with van der Waals surface area (Å²) >= 11 is 1.37. The molecular formula is C27H24N4O2S. The first-order valence-corrected chi connectivity index (χ1v) is 12.1. The number of carbonyl (C=O) groups is 2. The smallest absolute Gasteiger partial charge is 0.275 e. The van der Waals surface area contributed by atoms with Crippen LogP contribution < -0.4 is 5.32 Å². The summed E-state index contributed by atoms with van der Waals surface area (Å²) in [5.74, 6) is 0.254. The van der Waals surface area contributed by atoms with Gasteiger partial charge in [-0.3, -0.25) is 14.5 Å². The number of aryl methyl sites for hydroxylation is 1. The number of para-hydroxylation sites is 1. The quantitative estimate of drug-likeness (QED) is 0.538. The van der Waals surface area contributed by atoms with E-state index in [9.17, 15) is 9.59 Å². The summed E-state index contributed by atoms with van der Waals surface area (Å²) in [6.45, 7) is 3.97. The minimum Gasteiger partial charge on any atom is -0.325 e. The lowest BCUT2D eigenvalue weighted by Crippen LogP contribution is -2.40. The minimum absolute atomic E-state index is 0.0973. The number of hydrogen-bond donors (Lipinski definition) is 1. The summed E-state index contributed by atoms with van der Waals surface area (Å²) in [6, 6.07) is 24.4. The van der Waals surface area contributed by atoms with Crippen molar-refractivity contribution in [3.63, 3.8) is 0 Å². The molecule has 0 saturated carbocycles. The molecule has 5 rings (SSSR count). The van der Waals surface area contributed by atoms with Crippen molar-refractivity contribution in [2.45, 2.75) is 31.6 Å². The fraction of sp³-hybridized carbons (Fsp3) is 0.185. The van der Waals surface area contributed by atoms with E-state index >= 15 is 0 Å². The van der Waals surface area contributed by atoms with Crippen molar-refractivity contribution in [2.24, 2.45) is 9.98 Å². The number of rotatable bonds is 5. The Morgan fingerprint density at radius 2 is 1.79 bits per heavy atom. The molecule has 0 bridgehead atoms. The topological polar surface area (TPSA) is 74.1 Å². The SMILES string of the molecule is CCC(SC1=Nc2ccccc2C2=NC(=O)C(c3ccccc3)N12)C(=O)Nc1cccc(C)c1. The lowest BCUT2D eigenvalue weighted by atomic mass is 10.0. The number of carbonyl (C=O) groups excluding carboxylic acids is 2. The van der Waals surface area contributed by atoms with Gasteiger partial charge < -0.3 is 5.32 Å². The normalized spacial score (nSPS) is 17.4. The average Bonchev–Trinajstić information content (AvgIpc) is 3.20. The van der Waals surface area contributed by atoms with E-state index in [1.807, 2.05) is 97.6 Å². The van der Waals surface area contributed by atoms with Gasteiger partial charge in [0.2, 0.25) is 5.91 Å². The van der Waals surface area contributed by atoms with Gasteiger partial charge in [0.15, 0.2) is 5.17 Å². The fourth-order valence-electron chi connectivity index (χ4n) is 4.17. The number of fused-ring (bicyclic) bond motifs is 3. The fourth-order valence-corrected chi connectivity index (χ4v) is 5.21. The van der Waals surface area contributed by atoms with Gasteiger partial charge in [0.1, 0.15) is 11.9 Å². The summed E-state index contributed by atoms with van der Waals surface area (Å²) in [4.78, 5) is 37.5. The molecule has 2 aliphatic rings. The molecule has 2 aliphatic heterocycles. The highest BCUT2D eigenvalue weighted by atomic mass is 32.2. The molecule has 0 aliphatic carbocycles. The Kier molecular flexibility index (Phi) is 6.02. The van der Waals surface area contributed by atoms with E-state index in [-0.39, 0.29) is 11.8 Å². The zero-order valence-corrected chi connectivity index (χ0v) is 19.8. The number of aliphatic imine (C=N–C) groups is 2. The Hall–Kier alpha value is -3.71. The molecule has 1 N–H and O–H groups in total. The largest absolute Gasteiger partial charge is 0.325 e. The number of thioether (sulfide) groups is 1. The predicted octanol–water partition coefficient (Wildman–Crippen LogP) is 5.48. The number of anilines is 1. The van der Waals surface area contributed by atoms with Crippen molar-refractivity contribution in [2.75, 3.05) is 5.32 Å². The predicted molar refractivity (Wildman–Crippen MR) is 138 cm³/mol. The molecule has 2 heterocycles. The lowest BCUT2D eigenvalue weighted by Gasteiger charge is -2.32. The molecule has 3 aromatic rings. The monoisotopic (exact) mass is 468 g/mol. The first kappa shape index (κ1) is 22.1. The van der Waals surface area contributed by atoms with E-state index in [0.717, 1.165) is 28.1 Å². The Balaban J connectivity index is 1.49. The second kappa shape index (κ2) is 9.27. The molecule has 2 atom stereocenters. The molecule has 170 valence electrons. The first-order valence-electron chi connectivity index (χ1n) is 11.2. The van der Waals surface area contributed by atoms with E-state index in [2.05, 4.69) is 10.3 Å². The van der Waals surface area contributed by atoms with Crippen LogP contribution in [0.4, 0.5) is 11.4 Å².